The normalized spacial score (nSPS) is 42.1. The first-order valence-electron chi connectivity index (χ1n) is 13.6. The first-order valence-corrected chi connectivity index (χ1v) is 13.6. The highest BCUT2D eigenvalue weighted by Crippen LogP contribution is 2.68. The van der Waals surface area contributed by atoms with Gasteiger partial charge in [0, 0.05) is 16.7 Å². The molecule has 0 unspecified atom stereocenters. The van der Waals surface area contributed by atoms with Crippen LogP contribution in [0.15, 0.2) is 30.9 Å². The van der Waals surface area contributed by atoms with Gasteiger partial charge in [-0.25, -0.2) is 9.18 Å². The molecule has 0 saturated heterocycles. The Bertz CT molecular complexity index is 1140. The van der Waals surface area contributed by atoms with E-state index < -0.39 is 59.4 Å². The summed E-state index contributed by atoms with van der Waals surface area (Å²) in [6, 6.07) is 5.12. The van der Waals surface area contributed by atoms with Crippen molar-refractivity contribution in [2.45, 2.75) is 78.4 Å². The molecule has 206 valence electrons. The van der Waals surface area contributed by atoms with Crippen LogP contribution in [0.3, 0.4) is 0 Å². The van der Waals surface area contributed by atoms with Crippen LogP contribution in [0.1, 0.15) is 58.9 Å². The van der Waals surface area contributed by atoms with Crippen LogP contribution in [0.5, 0.6) is 5.75 Å². The zero-order valence-corrected chi connectivity index (χ0v) is 22.6. The molecule has 0 spiro atoms. The molecule has 3 fully saturated rings. The van der Waals surface area contributed by atoms with Crippen molar-refractivity contribution in [1.82, 2.24) is 0 Å². The highest BCUT2D eigenvalue weighted by Gasteiger charge is 2.70. The second kappa shape index (κ2) is 9.45. The number of hydrogen-bond donors (Lipinski definition) is 2. The largest absolute Gasteiger partial charge is 0.491 e. The molecule has 5 rings (SSSR count). The number of esters is 1. The van der Waals surface area contributed by atoms with Crippen molar-refractivity contribution in [2.24, 2.45) is 34.0 Å². The number of aliphatic hydroxyl groups excluding tert-OH is 1. The number of ether oxygens (including phenoxy) is 2. The van der Waals surface area contributed by atoms with Gasteiger partial charge in [0.25, 0.3) is 0 Å². The SMILES string of the molecule is C=C[C@]1(C)C[C@@H](OC(=O)COc2ccc3c(c2)B(O)OC3)[C@@]2(C)[C@@H]3C(=O)[C@@H](F)C[C@@]3(CC[C@@H]2C)[C@@H](C)[C@@H]1O. The number of benzene rings is 1. The van der Waals surface area contributed by atoms with Crippen LogP contribution in [0, 0.1) is 34.0 Å². The number of ketones is 1. The van der Waals surface area contributed by atoms with Crippen molar-refractivity contribution in [2.75, 3.05) is 6.61 Å². The van der Waals surface area contributed by atoms with Crippen LogP contribution in [0.2, 0.25) is 0 Å². The Morgan fingerprint density at radius 2 is 2.05 bits per heavy atom. The minimum Gasteiger partial charge on any atom is -0.482 e. The third-order valence-corrected chi connectivity index (χ3v) is 10.7. The number of fused-ring (bicyclic) bond motifs is 1. The first kappa shape index (κ1) is 27.3. The standard InChI is InChI=1S/C29H38BFO7/c1-6-27(4)13-22(38-23(32)15-36-19-8-7-18-14-37-30(35)20(18)11-19)28(5)16(2)9-10-29(17(3)26(27)34)12-21(31)24(33)25(28)29/h6-8,11,16-17,21-22,25-26,34-35H,1,9-10,12-15H2,2-5H3/t16-,17-,21-,22+,25-,26-,27+,28-,29-/m0/s1. The van der Waals surface area contributed by atoms with Crippen molar-refractivity contribution in [3.8, 4) is 5.75 Å². The lowest BCUT2D eigenvalue weighted by atomic mass is 9.44. The molecule has 0 amide bonds. The lowest BCUT2D eigenvalue weighted by molar-refractivity contribution is -0.207. The van der Waals surface area contributed by atoms with E-state index in [2.05, 4.69) is 6.58 Å². The number of aliphatic hydroxyl groups is 1. The van der Waals surface area contributed by atoms with E-state index in [9.17, 15) is 19.7 Å². The average Bonchev–Trinajstić information content (AvgIpc) is 3.40. The van der Waals surface area contributed by atoms with E-state index in [0.29, 0.717) is 24.2 Å². The van der Waals surface area contributed by atoms with Crippen LogP contribution >= 0.6 is 0 Å². The third kappa shape index (κ3) is 3.96. The van der Waals surface area contributed by atoms with Crippen LogP contribution in [0.25, 0.3) is 0 Å². The molecule has 7 nitrogen and oxygen atoms in total. The summed E-state index contributed by atoms with van der Waals surface area (Å²) in [4.78, 5) is 26.6. The van der Waals surface area contributed by atoms with Crippen molar-refractivity contribution in [3.05, 3.63) is 36.4 Å². The van der Waals surface area contributed by atoms with Gasteiger partial charge in [-0.2, -0.15) is 0 Å². The van der Waals surface area contributed by atoms with Crippen molar-refractivity contribution in [1.29, 1.82) is 0 Å². The molecule has 1 aromatic carbocycles. The lowest BCUT2D eigenvalue weighted by Gasteiger charge is -2.61. The minimum absolute atomic E-state index is 0.0108. The minimum atomic E-state index is -1.59. The summed E-state index contributed by atoms with van der Waals surface area (Å²) in [6.45, 7) is 11.7. The molecule has 3 saturated carbocycles. The van der Waals surface area contributed by atoms with E-state index >= 15 is 4.39 Å². The van der Waals surface area contributed by atoms with E-state index in [1.54, 1.807) is 24.3 Å². The molecule has 9 heteroatoms. The molecule has 1 heterocycles. The maximum atomic E-state index is 15.2. The van der Waals surface area contributed by atoms with E-state index in [1.165, 1.54) is 0 Å². The molecule has 0 aromatic heterocycles. The summed E-state index contributed by atoms with van der Waals surface area (Å²) in [6.07, 6.45) is 0.210. The Kier molecular flexibility index (Phi) is 6.80. The molecule has 38 heavy (non-hydrogen) atoms. The topological polar surface area (TPSA) is 102 Å². The van der Waals surface area contributed by atoms with Gasteiger partial charge in [-0.1, -0.05) is 39.8 Å². The monoisotopic (exact) mass is 528 g/mol. The Hall–Kier alpha value is -2.23. The smallest absolute Gasteiger partial charge is 0.482 e. The van der Waals surface area contributed by atoms with Crippen molar-refractivity contribution >= 4 is 24.3 Å². The Balaban J connectivity index is 1.45. The summed E-state index contributed by atoms with van der Waals surface area (Å²) >= 11 is 0. The average molecular weight is 528 g/mol. The fraction of sp³-hybridized carbons (Fsp3) is 0.655. The van der Waals surface area contributed by atoms with Gasteiger partial charge in [0.05, 0.1) is 12.7 Å². The Morgan fingerprint density at radius 3 is 2.76 bits per heavy atom. The molecule has 3 aliphatic carbocycles. The summed E-state index contributed by atoms with van der Waals surface area (Å²) < 4.78 is 32.2. The van der Waals surface area contributed by atoms with Gasteiger partial charge in [-0.15, -0.1) is 6.58 Å². The number of Topliss-reactive ketones (excluding diaryl/α,β-unsaturated/α-hetero) is 1. The van der Waals surface area contributed by atoms with Crippen LogP contribution < -0.4 is 10.2 Å². The van der Waals surface area contributed by atoms with Gasteiger partial charge in [0.2, 0.25) is 0 Å². The molecule has 1 aliphatic heterocycles. The lowest BCUT2D eigenvalue weighted by Crippen LogP contribution is -2.63. The number of carbonyl (C=O) groups excluding carboxylic acids is 2. The molecule has 1 aromatic rings. The summed E-state index contributed by atoms with van der Waals surface area (Å²) in [5.41, 5.74) is -0.889. The number of alkyl halides is 1. The second-order valence-corrected chi connectivity index (χ2v) is 12.5. The fourth-order valence-corrected chi connectivity index (χ4v) is 8.06. The molecule has 2 N–H and O–H groups in total. The van der Waals surface area contributed by atoms with Gasteiger partial charge >= 0.3 is 13.1 Å². The Labute approximate surface area is 223 Å². The first-order chi connectivity index (χ1) is 17.9. The predicted octanol–water partition coefficient (Wildman–Crippen LogP) is 3.14. The van der Waals surface area contributed by atoms with Crippen LogP contribution in [-0.2, 0) is 25.6 Å². The number of halogens is 1. The van der Waals surface area contributed by atoms with Crippen LogP contribution in [-0.4, -0.2) is 54.0 Å². The zero-order valence-electron chi connectivity index (χ0n) is 22.6. The number of hydrogen-bond acceptors (Lipinski definition) is 7. The summed E-state index contributed by atoms with van der Waals surface area (Å²) in [5, 5.41) is 21.5. The highest BCUT2D eigenvalue weighted by molar-refractivity contribution is 6.61. The molecule has 9 atom stereocenters. The molecule has 2 bridgehead atoms. The van der Waals surface area contributed by atoms with Gasteiger partial charge in [-0.3, -0.25) is 4.79 Å². The van der Waals surface area contributed by atoms with Gasteiger partial charge < -0.3 is 24.3 Å². The molecular formula is C29H38BFO7. The Morgan fingerprint density at radius 1 is 1.32 bits per heavy atom. The zero-order chi connectivity index (χ0) is 27.6. The summed E-state index contributed by atoms with van der Waals surface area (Å²) in [5.74, 6) is -1.66. The van der Waals surface area contributed by atoms with Crippen molar-refractivity contribution < 1.29 is 38.2 Å². The molecular weight excluding hydrogens is 490 g/mol. The van der Waals surface area contributed by atoms with Crippen molar-refractivity contribution in [3.63, 3.8) is 0 Å². The maximum Gasteiger partial charge on any atom is 0.491 e. The van der Waals surface area contributed by atoms with E-state index in [0.717, 1.165) is 12.0 Å². The second-order valence-electron chi connectivity index (χ2n) is 12.5. The van der Waals surface area contributed by atoms with Crippen LogP contribution in [0.4, 0.5) is 4.39 Å². The maximum absolute atomic E-state index is 15.2. The van der Waals surface area contributed by atoms with E-state index in [4.69, 9.17) is 14.1 Å². The third-order valence-electron chi connectivity index (χ3n) is 10.7. The molecule has 0 radical (unpaired) electrons. The quantitative estimate of drug-likeness (QED) is 0.344. The highest BCUT2D eigenvalue weighted by atomic mass is 19.1. The van der Waals surface area contributed by atoms with E-state index in [-0.39, 0.29) is 31.3 Å². The fourth-order valence-electron chi connectivity index (χ4n) is 8.06. The van der Waals surface area contributed by atoms with Gasteiger partial charge in [0.15, 0.2) is 18.6 Å². The summed E-state index contributed by atoms with van der Waals surface area (Å²) in [7, 11) is -1.03. The van der Waals surface area contributed by atoms with Gasteiger partial charge in [0.1, 0.15) is 11.9 Å². The molecule has 4 aliphatic rings. The number of carbonyl (C=O) groups is 2. The van der Waals surface area contributed by atoms with E-state index in [1.807, 2.05) is 27.7 Å². The number of rotatable bonds is 5. The van der Waals surface area contributed by atoms with Gasteiger partial charge in [-0.05, 0) is 66.1 Å². The predicted molar refractivity (Wildman–Crippen MR) is 139 cm³/mol.